The fourth-order valence-corrected chi connectivity index (χ4v) is 3.77. The predicted octanol–water partition coefficient (Wildman–Crippen LogP) is 4.63. The molecule has 3 rings (SSSR count). The second kappa shape index (κ2) is 10.8. The minimum atomic E-state index is -0.597. The monoisotopic (exact) mass is 456 g/mol. The standard InChI is InChI=1S/C25H33FN4O3/c1-25(2,3)33-24(32)27-20-8-5-7-18(15-20)23(31)30(4)14-6-9-21-16-22(29-28-21)17-10-12-19(26)13-11-17/h5,7-8,10-13,15,21-22,28-29H,6,9,14,16H2,1-4H3,(H,27,32). The number of carbonyl (C=O) groups is 2. The van der Waals surface area contributed by atoms with E-state index in [9.17, 15) is 14.0 Å². The Balaban J connectivity index is 1.45. The molecule has 1 aliphatic heterocycles. The molecule has 1 saturated heterocycles. The van der Waals surface area contributed by atoms with Crippen molar-refractivity contribution in [2.45, 2.75) is 57.7 Å². The number of hydrazine groups is 1. The summed E-state index contributed by atoms with van der Waals surface area (Å²) in [5, 5.41) is 2.67. The van der Waals surface area contributed by atoms with Gasteiger partial charge in [0.1, 0.15) is 11.4 Å². The number of rotatable bonds is 7. The molecule has 0 spiro atoms. The van der Waals surface area contributed by atoms with Crippen molar-refractivity contribution in [2.24, 2.45) is 0 Å². The van der Waals surface area contributed by atoms with Crippen LogP contribution in [0.5, 0.6) is 0 Å². The van der Waals surface area contributed by atoms with Gasteiger partial charge < -0.3 is 9.64 Å². The normalized spacial score (nSPS) is 18.1. The van der Waals surface area contributed by atoms with E-state index >= 15 is 0 Å². The number of nitrogens with zero attached hydrogens (tertiary/aromatic N) is 1. The molecule has 1 fully saturated rings. The molecule has 0 radical (unpaired) electrons. The molecule has 2 aromatic rings. The fraction of sp³-hybridized carbons (Fsp3) is 0.440. The van der Waals surface area contributed by atoms with Gasteiger partial charge in [-0.2, -0.15) is 0 Å². The number of benzene rings is 2. The molecule has 178 valence electrons. The molecule has 0 bridgehead atoms. The average Bonchev–Trinajstić information content (AvgIpc) is 3.21. The maximum Gasteiger partial charge on any atom is 0.412 e. The first-order chi connectivity index (χ1) is 15.6. The highest BCUT2D eigenvalue weighted by Gasteiger charge is 2.25. The van der Waals surface area contributed by atoms with Crippen LogP contribution in [-0.2, 0) is 4.74 Å². The van der Waals surface area contributed by atoms with Crippen LogP contribution in [0.3, 0.4) is 0 Å². The first-order valence-electron chi connectivity index (χ1n) is 11.2. The highest BCUT2D eigenvalue weighted by atomic mass is 19.1. The molecule has 0 saturated carbocycles. The van der Waals surface area contributed by atoms with Gasteiger partial charge in [0.15, 0.2) is 0 Å². The lowest BCUT2D eigenvalue weighted by Crippen LogP contribution is -2.32. The quantitative estimate of drug-likeness (QED) is 0.566. The molecule has 1 aliphatic rings. The van der Waals surface area contributed by atoms with E-state index in [2.05, 4.69) is 16.2 Å². The van der Waals surface area contributed by atoms with Crippen LogP contribution in [0, 0.1) is 5.82 Å². The van der Waals surface area contributed by atoms with Crippen molar-refractivity contribution < 1.29 is 18.7 Å². The zero-order valence-corrected chi connectivity index (χ0v) is 19.7. The van der Waals surface area contributed by atoms with E-state index in [1.54, 1.807) is 69.1 Å². The highest BCUT2D eigenvalue weighted by Crippen LogP contribution is 2.24. The third-order valence-corrected chi connectivity index (χ3v) is 5.40. The Morgan fingerprint density at radius 2 is 1.88 bits per heavy atom. The lowest BCUT2D eigenvalue weighted by Gasteiger charge is -2.20. The molecular formula is C25H33FN4O3. The zero-order valence-electron chi connectivity index (χ0n) is 19.7. The molecule has 7 nitrogen and oxygen atoms in total. The van der Waals surface area contributed by atoms with E-state index in [4.69, 9.17) is 4.74 Å². The Hall–Kier alpha value is -2.97. The Labute approximate surface area is 194 Å². The minimum Gasteiger partial charge on any atom is -0.444 e. The number of amides is 2. The van der Waals surface area contributed by atoms with Gasteiger partial charge >= 0.3 is 6.09 Å². The van der Waals surface area contributed by atoms with Gasteiger partial charge in [0.05, 0.1) is 0 Å². The molecule has 0 aliphatic carbocycles. The highest BCUT2D eigenvalue weighted by molar-refractivity contribution is 5.96. The molecule has 2 aromatic carbocycles. The van der Waals surface area contributed by atoms with E-state index in [1.165, 1.54) is 12.1 Å². The molecule has 8 heteroatoms. The van der Waals surface area contributed by atoms with Crippen LogP contribution in [0.1, 0.15) is 62.0 Å². The van der Waals surface area contributed by atoms with Gasteiger partial charge in [-0.3, -0.25) is 21.0 Å². The number of ether oxygens (including phenoxy) is 1. The number of carbonyl (C=O) groups excluding carboxylic acids is 2. The van der Waals surface area contributed by atoms with Crippen molar-refractivity contribution in [3.63, 3.8) is 0 Å². The Bertz CT molecular complexity index is 959. The van der Waals surface area contributed by atoms with Gasteiger partial charge in [-0.15, -0.1) is 0 Å². The van der Waals surface area contributed by atoms with E-state index in [-0.39, 0.29) is 23.8 Å². The summed E-state index contributed by atoms with van der Waals surface area (Å²) in [6.07, 6.45) is 2.09. The summed E-state index contributed by atoms with van der Waals surface area (Å²) in [7, 11) is 1.78. The number of hydrogen-bond acceptors (Lipinski definition) is 5. The smallest absolute Gasteiger partial charge is 0.412 e. The molecule has 2 atom stereocenters. The molecule has 2 unspecified atom stereocenters. The molecule has 3 N–H and O–H groups in total. The second-order valence-corrected chi connectivity index (χ2v) is 9.40. The van der Waals surface area contributed by atoms with Crippen LogP contribution in [0.15, 0.2) is 48.5 Å². The fourth-order valence-electron chi connectivity index (χ4n) is 3.77. The summed E-state index contributed by atoms with van der Waals surface area (Å²) in [5.74, 6) is -0.343. The van der Waals surface area contributed by atoms with Gasteiger partial charge in [-0.1, -0.05) is 18.2 Å². The predicted molar refractivity (Wildman–Crippen MR) is 126 cm³/mol. The van der Waals surface area contributed by atoms with Crippen LogP contribution >= 0.6 is 0 Å². The molecule has 33 heavy (non-hydrogen) atoms. The van der Waals surface area contributed by atoms with Crippen molar-refractivity contribution >= 4 is 17.7 Å². The van der Waals surface area contributed by atoms with Gasteiger partial charge in [-0.05, 0) is 75.9 Å². The third kappa shape index (κ3) is 7.54. The van der Waals surface area contributed by atoms with Crippen LogP contribution < -0.4 is 16.2 Å². The topological polar surface area (TPSA) is 82.7 Å². The molecule has 0 aromatic heterocycles. The zero-order chi connectivity index (χ0) is 24.0. The summed E-state index contributed by atoms with van der Waals surface area (Å²) in [6, 6.07) is 13.8. The maximum atomic E-state index is 13.1. The van der Waals surface area contributed by atoms with Gasteiger partial charge in [0.25, 0.3) is 5.91 Å². The number of hydrogen-bond donors (Lipinski definition) is 3. The van der Waals surface area contributed by atoms with Crippen LogP contribution in [0.4, 0.5) is 14.9 Å². The minimum absolute atomic E-state index is 0.107. The Morgan fingerprint density at radius 3 is 2.58 bits per heavy atom. The Morgan fingerprint density at radius 1 is 1.15 bits per heavy atom. The lowest BCUT2D eigenvalue weighted by molar-refractivity contribution is 0.0635. The van der Waals surface area contributed by atoms with Crippen LogP contribution in [0.2, 0.25) is 0 Å². The van der Waals surface area contributed by atoms with E-state index in [1.807, 2.05) is 0 Å². The van der Waals surface area contributed by atoms with Gasteiger partial charge in [0.2, 0.25) is 0 Å². The van der Waals surface area contributed by atoms with E-state index in [0.29, 0.717) is 17.8 Å². The maximum absolute atomic E-state index is 13.1. The summed E-state index contributed by atoms with van der Waals surface area (Å²) in [5.41, 5.74) is 8.04. The van der Waals surface area contributed by atoms with Crippen molar-refractivity contribution in [3.8, 4) is 0 Å². The average molecular weight is 457 g/mol. The summed E-state index contributed by atoms with van der Waals surface area (Å²) in [6.45, 7) is 5.99. The summed E-state index contributed by atoms with van der Waals surface area (Å²) < 4.78 is 18.4. The summed E-state index contributed by atoms with van der Waals surface area (Å²) >= 11 is 0. The van der Waals surface area contributed by atoms with Gasteiger partial charge in [0, 0.05) is 36.9 Å². The number of nitrogens with one attached hydrogen (secondary N) is 3. The molecule has 1 heterocycles. The first-order valence-corrected chi connectivity index (χ1v) is 11.2. The molecule has 2 amide bonds. The van der Waals surface area contributed by atoms with Crippen molar-refractivity contribution in [2.75, 3.05) is 18.9 Å². The van der Waals surface area contributed by atoms with Crippen molar-refractivity contribution in [3.05, 3.63) is 65.5 Å². The van der Waals surface area contributed by atoms with Gasteiger partial charge in [-0.25, -0.2) is 9.18 Å². The van der Waals surface area contributed by atoms with Crippen LogP contribution in [-0.4, -0.2) is 42.1 Å². The van der Waals surface area contributed by atoms with Crippen LogP contribution in [0.25, 0.3) is 0 Å². The number of anilines is 1. The van der Waals surface area contributed by atoms with E-state index in [0.717, 1.165) is 24.8 Å². The molecular weight excluding hydrogens is 423 g/mol. The first kappa shape index (κ1) is 24.7. The lowest BCUT2D eigenvalue weighted by atomic mass is 9.99. The van der Waals surface area contributed by atoms with E-state index < -0.39 is 11.7 Å². The van der Waals surface area contributed by atoms with Crippen molar-refractivity contribution in [1.82, 2.24) is 15.8 Å². The number of halogens is 1. The van der Waals surface area contributed by atoms with Crippen molar-refractivity contribution in [1.29, 1.82) is 0 Å². The third-order valence-electron chi connectivity index (χ3n) is 5.40. The largest absolute Gasteiger partial charge is 0.444 e. The second-order valence-electron chi connectivity index (χ2n) is 9.40. The SMILES string of the molecule is CN(CCCC1CC(c2ccc(F)cc2)NN1)C(=O)c1cccc(NC(=O)OC(C)(C)C)c1. The Kier molecular flexibility index (Phi) is 8.05. The summed E-state index contributed by atoms with van der Waals surface area (Å²) in [4.78, 5) is 26.5.